The van der Waals surface area contributed by atoms with Crippen LogP contribution in [0.2, 0.25) is 0 Å². The third-order valence-electron chi connectivity index (χ3n) is 3.06. The normalized spacial score (nSPS) is 10.4. The topological polar surface area (TPSA) is 40.5 Å². The summed E-state index contributed by atoms with van der Waals surface area (Å²) in [5.41, 5.74) is 1.44. The van der Waals surface area contributed by atoms with Crippen molar-refractivity contribution in [1.82, 2.24) is 4.90 Å². The minimum atomic E-state index is -0.00550. The van der Waals surface area contributed by atoms with E-state index in [0.29, 0.717) is 12.1 Å². The van der Waals surface area contributed by atoms with Crippen LogP contribution >= 0.6 is 11.3 Å². The molecule has 0 atom stereocenters. The Kier molecular flexibility index (Phi) is 4.22. The summed E-state index contributed by atoms with van der Waals surface area (Å²) in [5, 5.41) is 11.4. The molecule has 0 fully saturated rings. The number of carbonyl (C=O) groups is 1. The van der Waals surface area contributed by atoms with Crippen LogP contribution in [0.3, 0.4) is 0 Å². The maximum absolute atomic E-state index is 12.3. The number of thiophene rings is 1. The Hall–Kier alpha value is -1.81. The molecule has 0 radical (unpaired) electrons. The Balaban J connectivity index is 2.02. The molecular formula is C15H17NO2S. The van der Waals surface area contributed by atoms with Gasteiger partial charge in [0.1, 0.15) is 5.75 Å². The molecule has 1 N–H and O–H groups in total. The second-order valence-electron chi connectivity index (χ2n) is 4.56. The van der Waals surface area contributed by atoms with E-state index in [9.17, 15) is 9.90 Å². The van der Waals surface area contributed by atoms with Gasteiger partial charge in [-0.2, -0.15) is 0 Å². The number of phenols is 1. The fourth-order valence-electron chi connectivity index (χ4n) is 1.93. The lowest BCUT2D eigenvalue weighted by molar-refractivity contribution is 0.0796. The van der Waals surface area contributed by atoms with E-state index in [1.165, 1.54) is 4.88 Å². The van der Waals surface area contributed by atoms with Crippen LogP contribution in [-0.2, 0) is 6.42 Å². The highest BCUT2D eigenvalue weighted by Crippen LogP contribution is 2.17. The highest BCUT2D eigenvalue weighted by Gasteiger charge is 2.14. The number of nitrogens with zero attached hydrogens (tertiary/aromatic N) is 1. The quantitative estimate of drug-likeness (QED) is 0.931. The molecule has 4 heteroatoms. The standard InChI is InChI=1S/C15H17NO2S/c1-11-10-12(17)5-6-14(11)15(18)16(2)8-7-13-4-3-9-19-13/h3-6,9-10,17H,7-8H2,1-2H3. The summed E-state index contributed by atoms with van der Waals surface area (Å²) in [5.74, 6) is 0.185. The van der Waals surface area contributed by atoms with Crippen LogP contribution in [0.25, 0.3) is 0 Å². The summed E-state index contributed by atoms with van der Waals surface area (Å²) < 4.78 is 0. The number of carbonyl (C=O) groups excluding carboxylic acids is 1. The van der Waals surface area contributed by atoms with Gasteiger partial charge in [0, 0.05) is 24.0 Å². The molecule has 0 aliphatic heterocycles. The minimum absolute atomic E-state index is 0.00550. The van der Waals surface area contributed by atoms with E-state index in [4.69, 9.17) is 0 Å². The maximum Gasteiger partial charge on any atom is 0.253 e. The lowest BCUT2D eigenvalue weighted by Crippen LogP contribution is -2.29. The van der Waals surface area contributed by atoms with Gasteiger partial charge in [-0.05, 0) is 48.6 Å². The zero-order chi connectivity index (χ0) is 13.8. The Labute approximate surface area is 117 Å². The molecule has 0 saturated heterocycles. The van der Waals surface area contributed by atoms with E-state index >= 15 is 0 Å². The Morgan fingerprint density at radius 1 is 1.37 bits per heavy atom. The van der Waals surface area contributed by atoms with Crippen molar-refractivity contribution in [2.45, 2.75) is 13.3 Å². The van der Waals surface area contributed by atoms with Gasteiger partial charge in [0.2, 0.25) is 0 Å². The monoisotopic (exact) mass is 275 g/mol. The SMILES string of the molecule is Cc1cc(O)ccc1C(=O)N(C)CCc1cccs1. The van der Waals surface area contributed by atoms with Crippen LogP contribution in [0.5, 0.6) is 5.75 Å². The lowest BCUT2D eigenvalue weighted by Gasteiger charge is -2.18. The van der Waals surface area contributed by atoms with Gasteiger partial charge in [-0.1, -0.05) is 6.07 Å². The Morgan fingerprint density at radius 3 is 2.79 bits per heavy atom. The summed E-state index contributed by atoms with van der Waals surface area (Å²) >= 11 is 1.71. The van der Waals surface area contributed by atoms with Gasteiger partial charge >= 0.3 is 0 Å². The van der Waals surface area contributed by atoms with E-state index in [2.05, 4.69) is 6.07 Å². The van der Waals surface area contributed by atoms with Crippen molar-refractivity contribution in [1.29, 1.82) is 0 Å². The minimum Gasteiger partial charge on any atom is -0.508 e. The molecule has 3 nitrogen and oxygen atoms in total. The van der Waals surface area contributed by atoms with E-state index in [1.54, 1.807) is 34.4 Å². The van der Waals surface area contributed by atoms with Crippen molar-refractivity contribution in [2.24, 2.45) is 0 Å². The second kappa shape index (κ2) is 5.89. The van der Waals surface area contributed by atoms with Gasteiger partial charge in [-0.3, -0.25) is 4.79 Å². The van der Waals surface area contributed by atoms with Crippen molar-refractivity contribution in [3.05, 3.63) is 51.7 Å². The summed E-state index contributed by atoms with van der Waals surface area (Å²) in [7, 11) is 1.81. The number of likely N-dealkylation sites (N-methyl/N-ethyl adjacent to an activating group) is 1. The van der Waals surface area contributed by atoms with Gasteiger partial charge < -0.3 is 10.0 Å². The van der Waals surface area contributed by atoms with E-state index in [-0.39, 0.29) is 11.7 Å². The van der Waals surface area contributed by atoms with Crippen LogP contribution in [0.15, 0.2) is 35.7 Å². The van der Waals surface area contributed by atoms with Crippen molar-refractivity contribution >= 4 is 17.2 Å². The third-order valence-corrected chi connectivity index (χ3v) is 4.00. The van der Waals surface area contributed by atoms with Gasteiger partial charge in [0.05, 0.1) is 0 Å². The molecular weight excluding hydrogens is 258 g/mol. The van der Waals surface area contributed by atoms with Crippen molar-refractivity contribution in [2.75, 3.05) is 13.6 Å². The molecule has 0 aliphatic rings. The van der Waals surface area contributed by atoms with Crippen LogP contribution in [0.4, 0.5) is 0 Å². The van der Waals surface area contributed by atoms with Crippen molar-refractivity contribution in [3.8, 4) is 5.75 Å². The van der Waals surface area contributed by atoms with Crippen LogP contribution in [0, 0.1) is 6.92 Å². The number of hydrogen-bond acceptors (Lipinski definition) is 3. The zero-order valence-corrected chi connectivity index (χ0v) is 11.9. The molecule has 2 aromatic rings. The average Bonchev–Trinajstić information content (AvgIpc) is 2.88. The van der Waals surface area contributed by atoms with Gasteiger partial charge in [-0.25, -0.2) is 0 Å². The van der Waals surface area contributed by atoms with E-state index < -0.39 is 0 Å². The van der Waals surface area contributed by atoms with E-state index in [1.807, 2.05) is 25.4 Å². The molecule has 1 aromatic heterocycles. The summed E-state index contributed by atoms with van der Waals surface area (Å²) in [6.07, 6.45) is 0.872. The largest absolute Gasteiger partial charge is 0.508 e. The second-order valence-corrected chi connectivity index (χ2v) is 5.59. The average molecular weight is 275 g/mol. The first-order chi connectivity index (χ1) is 9.08. The van der Waals surface area contributed by atoms with Crippen LogP contribution < -0.4 is 0 Å². The number of hydrogen-bond donors (Lipinski definition) is 1. The van der Waals surface area contributed by atoms with Crippen molar-refractivity contribution in [3.63, 3.8) is 0 Å². The number of rotatable bonds is 4. The first kappa shape index (κ1) is 13.6. The molecule has 1 aromatic carbocycles. The van der Waals surface area contributed by atoms with Crippen molar-refractivity contribution < 1.29 is 9.90 Å². The smallest absolute Gasteiger partial charge is 0.253 e. The molecule has 0 spiro atoms. The van der Waals surface area contributed by atoms with Gasteiger partial charge in [0.25, 0.3) is 5.91 Å². The molecule has 1 amide bonds. The molecule has 100 valence electrons. The maximum atomic E-state index is 12.3. The van der Waals surface area contributed by atoms with Gasteiger partial charge in [0.15, 0.2) is 0 Å². The molecule has 2 rings (SSSR count). The van der Waals surface area contributed by atoms with Gasteiger partial charge in [-0.15, -0.1) is 11.3 Å². The summed E-state index contributed by atoms with van der Waals surface area (Å²) in [6, 6.07) is 8.93. The number of benzene rings is 1. The third kappa shape index (κ3) is 3.35. The highest BCUT2D eigenvalue weighted by molar-refractivity contribution is 7.09. The first-order valence-electron chi connectivity index (χ1n) is 6.15. The molecule has 19 heavy (non-hydrogen) atoms. The summed E-state index contributed by atoms with van der Waals surface area (Å²) in [6.45, 7) is 2.53. The molecule has 0 unspecified atom stereocenters. The molecule has 0 saturated carbocycles. The zero-order valence-electron chi connectivity index (χ0n) is 11.1. The predicted octanol–water partition coefficient (Wildman–Crippen LogP) is 3.08. The number of phenolic OH excluding ortho intramolecular Hbond substituents is 1. The molecule has 1 heterocycles. The predicted molar refractivity (Wildman–Crippen MR) is 77.8 cm³/mol. The highest BCUT2D eigenvalue weighted by atomic mass is 32.1. The van der Waals surface area contributed by atoms with Crippen LogP contribution in [0.1, 0.15) is 20.8 Å². The molecule has 0 aliphatic carbocycles. The number of amides is 1. The van der Waals surface area contributed by atoms with Crippen LogP contribution in [-0.4, -0.2) is 29.5 Å². The fourth-order valence-corrected chi connectivity index (χ4v) is 2.63. The van der Waals surface area contributed by atoms with E-state index in [0.717, 1.165) is 12.0 Å². The Bertz CT molecular complexity index is 564. The Morgan fingerprint density at radius 2 is 2.16 bits per heavy atom. The lowest BCUT2D eigenvalue weighted by atomic mass is 10.1. The fraction of sp³-hybridized carbons (Fsp3) is 0.267. The first-order valence-corrected chi connectivity index (χ1v) is 7.03. The summed E-state index contributed by atoms with van der Waals surface area (Å²) in [4.78, 5) is 15.3. The molecule has 0 bridgehead atoms. The number of aromatic hydroxyl groups is 1. The number of aryl methyl sites for hydroxylation is 1.